The van der Waals surface area contributed by atoms with E-state index in [1.807, 2.05) is 6.92 Å². The summed E-state index contributed by atoms with van der Waals surface area (Å²) in [6.45, 7) is 13.2. The second kappa shape index (κ2) is 11.7. The molecule has 0 amide bonds. The predicted octanol–water partition coefficient (Wildman–Crippen LogP) is 3.11. The Balaban J connectivity index is 1.40. The number of aryl methyl sites for hydroxylation is 1. The van der Waals surface area contributed by atoms with Crippen LogP contribution >= 0.6 is 0 Å². The Morgan fingerprint density at radius 1 is 1.05 bits per heavy atom. The molecule has 0 spiro atoms. The predicted molar refractivity (Wildman–Crippen MR) is 147 cm³/mol. The summed E-state index contributed by atoms with van der Waals surface area (Å²) in [5, 5.41) is 32.6. The maximum absolute atomic E-state index is 11.0. The molecule has 0 bridgehead atoms. The van der Waals surface area contributed by atoms with Crippen molar-refractivity contribution in [2.24, 2.45) is 5.41 Å². The SMILES string of the molecule is CCc1cc(C2OC(n3cnc4c(NCCC(C)(C)C)nc(NCCN5CCCCC5)nc43)C(O)C2O)on1. The molecule has 214 valence electrons. The number of rotatable bonds is 10. The lowest BCUT2D eigenvalue weighted by molar-refractivity contribution is -0.0434. The lowest BCUT2D eigenvalue weighted by Crippen LogP contribution is -2.34. The van der Waals surface area contributed by atoms with E-state index in [0.717, 1.165) is 44.8 Å². The number of aromatic nitrogens is 5. The van der Waals surface area contributed by atoms with Gasteiger partial charge in [-0.05, 0) is 44.2 Å². The Hall–Kier alpha value is -2.80. The highest BCUT2D eigenvalue weighted by Crippen LogP contribution is 2.40. The van der Waals surface area contributed by atoms with Crippen LogP contribution in [0.5, 0.6) is 0 Å². The van der Waals surface area contributed by atoms with Gasteiger partial charge in [-0.2, -0.15) is 9.97 Å². The minimum Gasteiger partial charge on any atom is -0.387 e. The molecule has 12 nitrogen and oxygen atoms in total. The van der Waals surface area contributed by atoms with E-state index in [1.165, 1.54) is 19.3 Å². The molecule has 39 heavy (non-hydrogen) atoms. The molecule has 3 aromatic heterocycles. The summed E-state index contributed by atoms with van der Waals surface area (Å²) < 4.78 is 13.2. The van der Waals surface area contributed by atoms with Gasteiger partial charge < -0.3 is 35.0 Å². The summed E-state index contributed by atoms with van der Waals surface area (Å²) in [6.07, 6.45) is 2.83. The fraction of sp³-hybridized carbons (Fsp3) is 0.704. The topological polar surface area (TPSA) is 147 Å². The van der Waals surface area contributed by atoms with E-state index in [-0.39, 0.29) is 5.41 Å². The third-order valence-corrected chi connectivity index (χ3v) is 7.48. The zero-order chi connectivity index (χ0) is 27.6. The minimum absolute atomic E-state index is 0.166. The van der Waals surface area contributed by atoms with E-state index < -0.39 is 24.5 Å². The van der Waals surface area contributed by atoms with Crippen molar-refractivity contribution >= 4 is 22.9 Å². The first-order valence-electron chi connectivity index (χ1n) is 14.2. The van der Waals surface area contributed by atoms with Gasteiger partial charge in [0.05, 0.1) is 12.0 Å². The van der Waals surface area contributed by atoms with Gasteiger partial charge >= 0.3 is 0 Å². The molecule has 12 heteroatoms. The van der Waals surface area contributed by atoms with Crippen LogP contribution < -0.4 is 10.6 Å². The first-order chi connectivity index (χ1) is 18.7. The van der Waals surface area contributed by atoms with Crippen molar-refractivity contribution in [2.75, 3.05) is 43.4 Å². The lowest BCUT2D eigenvalue weighted by Gasteiger charge is -2.26. The summed E-state index contributed by atoms with van der Waals surface area (Å²) in [4.78, 5) is 16.6. The van der Waals surface area contributed by atoms with Crippen molar-refractivity contribution < 1.29 is 19.5 Å². The van der Waals surface area contributed by atoms with E-state index in [9.17, 15) is 10.2 Å². The number of anilines is 2. The Bertz CT molecular complexity index is 1230. The molecule has 5 rings (SSSR count). The number of hydrogen-bond acceptors (Lipinski definition) is 11. The van der Waals surface area contributed by atoms with Crippen molar-refractivity contribution in [1.82, 2.24) is 29.6 Å². The van der Waals surface area contributed by atoms with Gasteiger partial charge in [-0.1, -0.05) is 39.3 Å². The Morgan fingerprint density at radius 3 is 2.56 bits per heavy atom. The average molecular weight is 543 g/mol. The molecule has 0 aromatic carbocycles. The molecule has 2 saturated heterocycles. The molecule has 2 aliphatic rings. The van der Waals surface area contributed by atoms with Crippen molar-refractivity contribution in [1.29, 1.82) is 0 Å². The highest BCUT2D eigenvalue weighted by atomic mass is 16.6. The molecule has 5 heterocycles. The number of likely N-dealkylation sites (tertiary alicyclic amines) is 1. The fourth-order valence-corrected chi connectivity index (χ4v) is 5.12. The lowest BCUT2D eigenvalue weighted by atomic mass is 9.92. The van der Waals surface area contributed by atoms with Crippen LogP contribution in [0.25, 0.3) is 11.2 Å². The van der Waals surface area contributed by atoms with Gasteiger partial charge in [-0.3, -0.25) is 4.57 Å². The van der Waals surface area contributed by atoms with E-state index >= 15 is 0 Å². The van der Waals surface area contributed by atoms with Crippen LogP contribution in [0, 0.1) is 5.41 Å². The molecule has 3 aromatic rings. The number of nitrogens with one attached hydrogen (secondary N) is 2. The molecule has 0 aliphatic carbocycles. The van der Waals surface area contributed by atoms with Gasteiger partial charge in [0.2, 0.25) is 5.95 Å². The third kappa shape index (κ3) is 6.34. The number of imidazole rings is 1. The summed E-state index contributed by atoms with van der Waals surface area (Å²) in [6, 6.07) is 1.75. The van der Waals surface area contributed by atoms with Gasteiger partial charge in [0, 0.05) is 25.7 Å². The second-order valence-electron chi connectivity index (χ2n) is 11.8. The molecule has 4 N–H and O–H groups in total. The van der Waals surface area contributed by atoms with Crippen molar-refractivity contribution in [3.63, 3.8) is 0 Å². The number of fused-ring (bicyclic) bond motifs is 1. The highest BCUT2D eigenvalue weighted by Gasteiger charge is 2.47. The van der Waals surface area contributed by atoms with Gasteiger partial charge in [-0.15, -0.1) is 0 Å². The molecule has 2 fully saturated rings. The van der Waals surface area contributed by atoms with Gasteiger partial charge in [0.1, 0.15) is 18.3 Å². The molecular weight excluding hydrogens is 500 g/mol. The summed E-state index contributed by atoms with van der Waals surface area (Å²) in [7, 11) is 0. The second-order valence-corrected chi connectivity index (χ2v) is 11.8. The van der Waals surface area contributed by atoms with Crippen molar-refractivity contribution in [3.8, 4) is 0 Å². The van der Waals surface area contributed by atoms with Crippen LogP contribution in [0.4, 0.5) is 11.8 Å². The fourth-order valence-electron chi connectivity index (χ4n) is 5.12. The monoisotopic (exact) mass is 542 g/mol. The maximum atomic E-state index is 11.0. The zero-order valence-corrected chi connectivity index (χ0v) is 23.4. The largest absolute Gasteiger partial charge is 0.387 e. The number of piperidine rings is 1. The first-order valence-corrected chi connectivity index (χ1v) is 14.2. The van der Waals surface area contributed by atoms with Crippen LogP contribution in [0.3, 0.4) is 0 Å². The zero-order valence-electron chi connectivity index (χ0n) is 23.4. The van der Waals surface area contributed by atoms with Crippen LogP contribution in [0.15, 0.2) is 16.9 Å². The van der Waals surface area contributed by atoms with E-state index in [0.29, 0.717) is 35.1 Å². The Morgan fingerprint density at radius 2 is 1.85 bits per heavy atom. The molecular formula is C27H42N8O4. The van der Waals surface area contributed by atoms with Crippen LogP contribution in [0.1, 0.15) is 77.2 Å². The highest BCUT2D eigenvalue weighted by molar-refractivity contribution is 5.84. The molecule has 2 aliphatic heterocycles. The van der Waals surface area contributed by atoms with Crippen LogP contribution in [-0.2, 0) is 11.2 Å². The van der Waals surface area contributed by atoms with Crippen LogP contribution in [-0.4, -0.2) is 84.7 Å². The Labute approximate surface area is 229 Å². The van der Waals surface area contributed by atoms with Crippen molar-refractivity contribution in [3.05, 3.63) is 23.8 Å². The number of hydrogen-bond donors (Lipinski definition) is 4. The summed E-state index contributed by atoms with van der Waals surface area (Å²) in [5.74, 6) is 1.48. The van der Waals surface area contributed by atoms with E-state index in [2.05, 4.69) is 46.4 Å². The van der Waals surface area contributed by atoms with Gasteiger partial charge in [0.15, 0.2) is 29.0 Å². The quantitative estimate of drug-likeness (QED) is 0.300. The molecule has 0 saturated carbocycles. The smallest absolute Gasteiger partial charge is 0.226 e. The van der Waals surface area contributed by atoms with Crippen molar-refractivity contribution in [2.45, 2.75) is 84.3 Å². The normalized spacial score (nSPS) is 24.5. The average Bonchev–Trinajstić information content (AvgIpc) is 3.62. The van der Waals surface area contributed by atoms with Gasteiger partial charge in [0.25, 0.3) is 0 Å². The molecule has 4 atom stereocenters. The standard InChI is InChI=1S/C27H42N8O4/c1-5-17-15-18(39-33-17)22-20(36)21(37)25(38-22)35-16-30-19-23(28-10-9-27(2,3)4)31-26(32-24(19)35)29-11-14-34-12-7-6-8-13-34/h15-16,20-22,25,36-37H,5-14H2,1-4H3,(H2,28,29,31,32). The first kappa shape index (κ1) is 27.8. The van der Waals surface area contributed by atoms with E-state index in [1.54, 1.807) is 17.0 Å². The maximum Gasteiger partial charge on any atom is 0.226 e. The summed E-state index contributed by atoms with van der Waals surface area (Å²) >= 11 is 0. The molecule has 4 unspecified atom stereocenters. The van der Waals surface area contributed by atoms with Gasteiger partial charge in [-0.25, -0.2) is 4.98 Å². The van der Waals surface area contributed by atoms with E-state index in [4.69, 9.17) is 19.2 Å². The summed E-state index contributed by atoms with van der Waals surface area (Å²) in [5.41, 5.74) is 2.00. The third-order valence-electron chi connectivity index (χ3n) is 7.48. The number of aliphatic hydroxyl groups is 2. The molecule has 0 radical (unpaired) electrons. The Kier molecular flexibility index (Phi) is 8.36. The number of ether oxygens (including phenoxy) is 1. The number of nitrogens with zero attached hydrogens (tertiary/aromatic N) is 6. The van der Waals surface area contributed by atoms with Crippen LogP contribution in [0.2, 0.25) is 0 Å². The number of aliphatic hydroxyl groups excluding tert-OH is 2. The minimum atomic E-state index is -1.22.